The van der Waals surface area contributed by atoms with E-state index < -0.39 is 36.0 Å². The van der Waals surface area contributed by atoms with Crippen LogP contribution < -0.4 is 10.6 Å². The molecule has 0 saturated heterocycles. The third kappa shape index (κ3) is 7.74. The number of alkyl halides is 3. The van der Waals surface area contributed by atoms with Crippen molar-refractivity contribution < 1.29 is 32.0 Å². The number of benzene rings is 2. The minimum atomic E-state index is -4.67. The maximum absolute atomic E-state index is 14.1. The molecule has 1 aliphatic heterocycles. The number of hydrogen-bond donors (Lipinski definition) is 0. The Morgan fingerprint density at radius 2 is 1.77 bits per heavy atom. The third-order valence-corrected chi connectivity index (χ3v) is 8.04. The van der Waals surface area contributed by atoms with Gasteiger partial charge in [-0.2, -0.15) is 18.4 Å². The van der Waals surface area contributed by atoms with Gasteiger partial charge in [-0.25, -0.2) is 18.8 Å². The number of halogens is 3. The average Bonchev–Trinajstić information content (AvgIpc) is 3.33. The number of allylic oxidation sites excluding steroid dienone is 1. The fourth-order valence-corrected chi connectivity index (χ4v) is 5.53. The Morgan fingerprint density at radius 3 is 2.36 bits per heavy atom. The molecular weight excluding hydrogens is 615 g/mol. The summed E-state index contributed by atoms with van der Waals surface area (Å²) in [5.74, 6) is -1.29. The molecule has 2 aromatic carbocycles. The molecule has 11 nitrogen and oxygen atoms in total. The summed E-state index contributed by atoms with van der Waals surface area (Å²) in [6.07, 6.45) is -1.98. The zero-order valence-electron chi connectivity index (χ0n) is 27.3. The summed E-state index contributed by atoms with van der Waals surface area (Å²) in [5.41, 5.74) is -0.799. The quantitative estimate of drug-likeness (QED) is 0.171. The van der Waals surface area contributed by atoms with Crippen LogP contribution in [-0.4, -0.2) is 84.0 Å². The highest BCUT2D eigenvalue weighted by Crippen LogP contribution is 2.43. The van der Waals surface area contributed by atoms with Gasteiger partial charge in [-0.05, 0) is 62.1 Å². The van der Waals surface area contributed by atoms with E-state index in [0.717, 1.165) is 54.2 Å². The van der Waals surface area contributed by atoms with Crippen LogP contribution in [0.4, 0.5) is 24.8 Å². The van der Waals surface area contributed by atoms with Crippen LogP contribution in [0.15, 0.2) is 64.6 Å². The minimum absolute atomic E-state index is 0.00673. The Kier molecular flexibility index (Phi) is 10.3. The highest BCUT2D eigenvalue weighted by atomic mass is 19.4. The Hall–Kier alpha value is -4.90. The van der Waals surface area contributed by atoms with Gasteiger partial charge >= 0.3 is 17.8 Å². The van der Waals surface area contributed by atoms with E-state index in [1.165, 1.54) is 45.6 Å². The smallest absolute Gasteiger partial charge is 0.416 e. The summed E-state index contributed by atoms with van der Waals surface area (Å²) >= 11 is 0. The first kappa shape index (κ1) is 35.0. The Morgan fingerprint density at radius 1 is 1.09 bits per heavy atom. The molecule has 0 saturated carbocycles. The van der Waals surface area contributed by atoms with Gasteiger partial charge in [0.25, 0.3) is 0 Å². The molecule has 47 heavy (non-hydrogen) atoms. The van der Waals surface area contributed by atoms with Crippen LogP contribution in [0.2, 0.25) is 0 Å². The first-order valence-electron chi connectivity index (χ1n) is 15.1. The van der Waals surface area contributed by atoms with Crippen molar-refractivity contribution in [3.05, 3.63) is 87.0 Å². The molecule has 1 amide bonds. The van der Waals surface area contributed by atoms with Gasteiger partial charge in [-0.1, -0.05) is 18.2 Å². The zero-order valence-corrected chi connectivity index (χ0v) is 27.3. The van der Waals surface area contributed by atoms with Crippen LogP contribution in [0.25, 0.3) is 0 Å². The molecule has 0 radical (unpaired) electrons. The van der Waals surface area contributed by atoms with Gasteiger partial charge in [0.15, 0.2) is 0 Å². The monoisotopic (exact) mass is 654 g/mol. The average molecular weight is 655 g/mol. The Labute approximate surface area is 271 Å². The third-order valence-electron chi connectivity index (χ3n) is 8.04. The van der Waals surface area contributed by atoms with Gasteiger partial charge in [0.05, 0.1) is 57.6 Å². The first-order chi connectivity index (χ1) is 22.1. The molecule has 0 fully saturated rings. The van der Waals surface area contributed by atoms with Crippen molar-refractivity contribution in [3.8, 4) is 6.07 Å². The maximum Gasteiger partial charge on any atom is 0.416 e. The number of methoxy groups -OCH3 is 1. The van der Waals surface area contributed by atoms with Gasteiger partial charge in [-0.15, -0.1) is 5.10 Å². The first-order valence-corrected chi connectivity index (χ1v) is 15.1. The lowest BCUT2D eigenvalue weighted by Crippen LogP contribution is -2.39. The lowest BCUT2D eigenvalue weighted by Gasteiger charge is -2.35. The second-order valence-corrected chi connectivity index (χ2v) is 12.5. The summed E-state index contributed by atoms with van der Waals surface area (Å²) < 4.78 is 49.3. The molecule has 1 aliphatic rings. The molecule has 0 unspecified atom stereocenters. The van der Waals surface area contributed by atoms with Gasteiger partial charge in [0.1, 0.15) is 12.6 Å². The van der Waals surface area contributed by atoms with Crippen molar-refractivity contribution in [2.24, 2.45) is 0 Å². The predicted octanol–water partition coefficient (Wildman–Crippen LogP) is 4.46. The lowest BCUT2D eigenvalue weighted by atomic mass is 9.93. The van der Waals surface area contributed by atoms with Crippen molar-refractivity contribution >= 4 is 23.5 Å². The number of amides is 1. The molecule has 0 aliphatic carbocycles. The standard InChI is InChI=1S/C33H39F3N7O4/c1-22-28(30(45)47-6)29(24-15-13-23(20-37)14-16-24)42-31(41(22)26-12-10-11-25(19-26)33(34,35)36)38-40(32(42)46)21-27(44)39(2)17-8-7-9-18-43(3,4)5/h10-16,19,29H,7-9,17-18,21H2,1-6H3/q+1/t29-/m1/s1. The molecule has 250 valence electrons. The Balaban J connectivity index is 1.80. The number of carbonyl (C=O) groups excluding carboxylic acids is 2. The minimum Gasteiger partial charge on any atom is -0.466 e. The number of esters is 1. The van der Waals surface area contributed by atoms with E-state index >= 15 is 0 Å². The molecule has 14 heteroatoms. The van der Waals surface area contributed by atoms with Gasteiger partial charge in [0, 0.05) is 25.0 Å². The second kappa shape index (κ2) is 13.8. The van der Waals surface area contributed by atoms with Gasteiger partial charge in [-0.3, -0.25) is 9.69 Å². The molecule has 1 atom stereocenters. The molecule has 2 heterocycles. The fourth-order valence-electron chi connectivity index (χ4n) is 5.53. The second-order valence-electron chi connectivity index (χ2n) is 12.5. The number of unbranched alkanes of at least 4 members (excludes halogenated alkanes) is 2. The van der Waals surface area contributed by atoms with E-state index in [1.807, 2.05) is 6.07 Å². The topological polar surface area (TPSA) is 113 Å². The summed E-state index contributed by atoms with van der Waals surface area (Å²) in [6.45, 7) is 2.55. The molecule has 0 spiro atoms. The van der Waals surface area contributed by atoms with Crippen molar-refractivity contribution in [1.29, 1.82) is 5.26 Å². The highest BCUT2D eigenvalue weighted by molar-refractivity contribution is 5.93. The molecule has 4 rings (SSSR count). The summed E-state index contributed by atoms with van der Waals surface area (Å²) in [5, 5.41) is 13.8. The summed E-state index contributed by atoms with van der Waals surface area (Å²) in [6, 6.07) is 11.5. The molecular formula is C33H39F3N7O4+. The maximum atomic E-state index is 14.1. The number of anilines is 2. The van der Waals surface area contributed by atoms with Crippen molar-refractivity contribution in [1.82, 2.24) is 19.2 Å². The number of ether oxygens (including phenoxy) is 1. The Bertz CT molecular complexity index is 1760. The number of carbonyl (C=O) groups is 2. The number of fused-ring (bicyclic) bond motifs is 1. The van der Waals surface area contributed by atoms with Crippen LogP contribution in [0.1, 0.15) is 48.9 Å². The molecule has 0 bridgehead atoms. The van der Waals surface area contributed by atoms with Crippen LogP contribution >= 0.6 is 0 Å². The van der Waals surface area contributed by atoms with E-state index in [2.05, 4.69) is 26.2 Å². The number of nitrogens with zero attached hydrogens (tertiary/aromatic N) is 7. The van der Waals surface area contributed by atoms with Gasteiger partial charge < -0.3 is 14.1 Å². The number of likely N-dealkylation sites (N-methyl/N-ethyl adjacent to an activating group) is 1. The number of hydrogen-bond acceptors (Lipinski definition) is 7. The van der Waals surface area contributed by atoms with Crippen molar-refractivity contribution in [3.63, 3.8) is 0 Å². The largest absolute Gasteiger partial charge is 0.466 e. The highest BCUT2D eigenvalue weighted by Gasteiger charge is 2.41. The number of aromatic nitrogens is 3. The van der Waals surface area contributed by atoms with Crippen LogP contribution in [-0.2, 0) is 27.0 Å². The van der Waals surface area contributed by atoms with Crippen molar-refractivity contribution in [2.75, 3.05) is 53.3 Å². The number of nitriles is 1. The fraction of sp³-hybridized carbons (Fsp3) is 0.424. The van der Waals surface area contributed by atoms with E-state index in [-0.39, 0.29) is 28.8 Å². The van der Waals surface area contributed by atoms with Crippen molar-refractivity contribution in [2.45, 2.75) is 44.9 Å². The van der Waals surface area contributed by atoms with Gasteiger partial charge in [0.2, 0.25) is 11.9 Å². The zero-order chi connectivity index (χ0) is 34.7. The number of quaternary nitrogens is 1. The predicted molar refractivity (Wildman–Crippen MR) is 168 cm³/mol. The van der Waals surface area contributed by atoms with E-state index in [9.17, 15) is 32.8 Å². The number of rotatable bonds is 11. The molecule has 0 N–H and O–H groups in total. The van der Waals surface area contributed by atoms with Crippen LogP contribution in [0.3, 0.4) is 0 Å². The van der Waals surface area contributed by atoms with E-state index in [1.54, 1.807) is 19.2 Å². The van der Waals surface area contributed by atoms with E-state index in [4.69, 9.17) is 4.74 Å². The van der Waals surface area contributed by atoms with Crippen LogP contribution in [0.5, 0.6) is 0 Å². The molecule has 3 aromatic rings. The normalized spacial score (nSPS) is 14.9. The van der Waals surface area contributed by atoms with Crippen LogP contribution in [0, 0.1) is 11.3 Å². The van der Waals surface area contributed by atoms with E-state index in [0.29, 0.717) is 17.7 Å². The summed E-state index contributed by atoms with van der Waals surface area (Å²) in [4.78, 5) is 43.5. The molecule has 1 aromatic heterocycles. The lowest BCUT2D eigenvalue weighted by molar-refractivity contribution is -0.870. The SMILES string of the molecule is COC(=O)C1=C(C)N(c2cccc(C(F)(F)F)c2)c2nn(CC(=O)N(C)CCCCC[N+](C)(C)C)c(=O)n2[C@@H]1c1ccc(C#N)cc1. The summed E-state index contributed by atoms with van der Waals surface area (Å²) in [7, 11) is 9.14.